The maximum Gasteiger partial charge on any atom is 0.226 e. The second-order valence-corrected chi connectivity index (χ2v) is 4.40. The average Bonchev–Trinajstić information content (AvgIpc) is 2.44. The van der Waals surface area contributed by atoms with Crippen LogP contribution in [0.2, 0.25) is 0 Å². The van der Waals surface area contributed by atoms with Gasteiger partial charge in [0.1, 0.15) is 6.61 Å². The minimum absolute atomic E-state index is 0.0727. The Morgan fingerprint density at radius 3 is 2.90 bits per heavy atom. The van der Waals surface area contributed by atoms with Gasteiger partial charge in [-0.3, -0.25) is 4.79 Å². The zero-order chi connectivity index (χ0) is 14.8. The third-order valence-electron chi connectivity index (χ3n) is 2.65. The van der Waals surface area contributed by atoms with Crippen molar-refractivity contribution in [1.29, 1.82) is 0 Å². The van der Waals surface area contributed by atoms with Gasteiger partial charge in [0.05, 0.1) is 13.0 Å². The number of amides is 1. The fourth-order valence-corrected chi connectivity index (χ4v) is 1.60. The van der Waals surface area contributed by atoms with Crippen LogP contribution in [-0.2, 0) is 9.53 Å². The van der Waals surface area contributed by atoms with E-state index in [4.69, 9.17) is 9.84 Å². The number of benzene rings is 1. The monoisotopic (exact) mass is 275 g/mol. The zero-order valence-electron chi connectivity index (χ0n) is 12.0. The lowest BCUT2D eigenvalue weighted by Gasteiger charge is -2.09. The molecule has 0 unspecified atom stereocenters. The Hall–Kier alpha value is -1.83. The quantitative estimate of drug-likeness (QED) is 0.617. The lowest BCUT2D eigenvalue weighted by atomic mass is 10.1. The molecule has 0 spiro atoms. The summed E-state index contributed by atoms with van der Waals surface area (Å²) in [6.45, 7) is 4.89. The lowest BCUT2D eigenvalue weighted by molar-refractivity contribution is -0.117. The number of aliphatic hydroxyl groups is 1. The number of aliphatic hydroxyl groups excluding tert-OH is 1. The highest BCUT2D eigenvalue weighted by Gasteiger charge is 2.05. The van der Waals surface area contributed by atoms with Crippen molar-refractivity contribution in [2.45, 2.75) is 26.7 Å². The van der Waals surface area contributed by atoms with Gasteiger partial charge < -0.3 is 15.2 Å². The second-order valence-electron chi connectivity index (χ2n) is 4.40. The predicted octanol–water partition coefficient (Wildman–Crippen LogP) is 2.09. The van der Waals surface area contributed by atoms with E-state index >= 15 is 0 Å². The molecule has 1 aromatic rings. The van der Waals surface area contributed by atoms with Crippen LogP contribution in [0.4, 0.5) is 5.69 Å². The van der Waals surface area contributed by atoms with Crippen molar-refractivity contribution < 1.29 is 14.6 Å². The molecule has 0 fully saturated rings. The van der Waals surface area contributed by atoms with Crippen LogP contribution in [0, 0.1) is 18.8 Å². The SMILES string of the molecule is CCCOCCC(=O)Nc1cc(C#CCO)ccc1C. The van der Waals surface area contributed by atoms with Crippen molar-refractivity contribution in [3.63, 3.8) is 0 Å². The Bertz CT molecular complexity index is 500. The summed E-state index contributed by atoms with van der Waals surface area (Å²) in [4.78, 5) is 11.8. The highest BCUT2D eigenvalue weighted by molar-refractivity contribution is 5.91. The number of nitrogens with one attached hydrogen (secondary N) is 1. The van der Waals surface area contributed by atoms with Gasteiger partial charge in [-0.15, -0.1) is 0 Å². The van der Waals surface area contributed by atoms with E-state index in [-0.39, 0.29) is 12.5 Å². The molecule has 20 heavy (non-hydrogen) atoms. The van der Waals surface area contributed by atoms with Crippen LogP contribution < -0.4 is 5.32 Å². The molecule has 4 heteroatoms. The number of carbonyl (C=O) groups excluding carboxylic acids is 1. The fourth-order valence-electron chi connectivity index (χ4n) is 1.60. The summed E-state index contributed by atoms with van der Waals surface area (Å²) in [5.74, 6) is 5.33. The number of aryl methyl sites for hydroxylation is 1. The van der Waals surface area contributed by atoms with Crippen LogP contribution >= 0.6 is 0 Å². The number of rotatable bonds is 6. The van der Waals surface area contributed by atoms with Gasteiger partial charge in [-0.25, -0.2) is 0 Å². The standard InChI is InChI=1S/C16H21NO3/c1-3-10-20-11-8-16(19)17-15-12-14(5-4-9-18)7-6-13(15)2/h6-7,12,18H,3,8-11H2,1-2H3,(H,17,19). The first-order valence-corrected chi connectivity index (χ1v) is 6.75. The van der Waals surface area contributed by atoms with Crippen LogP contribution in [0.3, 0.4) is 0 Å². The molecule has 1 rings (SSSR count). The first kappa shape index (κ1) is 16.2. The van der Waals surface area contributed by atoms with Crippen molar-refractivity contribution in [3.05, 3.63) is 29.3 Å². The fraction of sp³-hybridized carbons (Fsp3) is 0.438. The molecule has 0 atom stereocenters. The van der Waals surface area contributed by atoms with E-state index in [1.165, 1.54) is 0 Å². The topological polar surface area (TPSA) is 58.6 Å². The zero-order valence-corrected chi connectivity index (χ0v) is 12.0. The predicted molar refractivity (Wildman–Crippen MR) is 79.5 cm³/mol. The Labute approximate surface area is 120 Å². The molecular formula is C16H21NO3. The summed E-state index contributed by atoms with van der Waals surface area (Å²) in [5.41, 5.74) is 2.49. The van der Waals surface area contributed by atoms with Gasteiger partial charge in [0.25, 0.3) is 0 Å². The highest BCUT2D eigenvalue weighted by Crippen LogP contribution is 2.16. The van der Waals surface area contributed by atoms with Gasteiger partial charge in [-0.05, 0) is 31.0 Å². The molecule has 4 nitrogen and oxygen atoms in total. The third-order valence-corrected chi connectivity index (χ3v) is 2.65. The summed E-state index contributed by atoms with van der Waals surface area (Å²) in [7, 11) is 0. The van der Waals surface area contributed by atoms with Crippen LogP contribution in [0.5, 0.6) is 0 Å². The maximum absolute atomic E-state index is 11.8. The number of hydrogen-bond acceptors (Lipinski definition) is 3. The Balaban J connectivity index is 2.59. The molecule has 0 aliphatic heterocycles. The molecule has 0 aliphatic rings. The van der Waals surface area contributed by atoms with E-state index in [2.05, 4.69) is 17.2 Å². The van der Waals surface area contributed by atoms with Crippen molar-refractivity contribution >= 4 is 11.6 Å². The number of ether oxygens (including phenoxy) is 1. The lowest BCUT2D eigenvalue weighted by Crippen LogP contribution is -2.15. The maximum atomic E-state index is 11.8. The van der Waals surface area contributed by atoms with E-state index in [9.17, 15) is 4.79 Å². The first-order valence-electron chi connectivity index (χ1n) is 6.75. The summed E-state index contributed by atoms with van der Waals surface area (Å²) in [6, 6.07) is 5.56. The number of anilines is 1. The van der Waals surface area contributed by atoms with Gasteiger partial charge in [-0.1, -0.05) is 24.8 Å². The molecule has 0 heterocycles. The van der Waals surface area contributed by atoms with E-state index in [1.54, 1.807) is 0 Å². The Morgan fingerprint density at radius 2 is 2.20 bits per heavy atom. The first-order chi connectivity index (χ1) is 9.67. The van der Waals surface area contributed by atoms with Crippen molar-refractivity contribution in [1.82, 2.24) is 0 Å². The average molecular weight is 275 g/mol. The molecule has 2 N–H and O–H groups in total. The normalized spacial score (nSPS) is 9.75. The minimum atomic E-state index is -0.176. The number of carbonyl (C=O) groups is 1. The molecule has 0 saturated heterocycles. The number of hydrogen-bond donors (Lipinski definition) is 2. The largest absolute Gasteiger partial charge is 0.384 e. The van der Waals surface area contributed by atoms with E-state index in [0.717, 1.165) is 23.2 Å². The van der Waals surface area contributed by atoms with Crippen molar-refractivity contribution in [2.24, 2.45) is 0 Å². The smallest absolute Gasteiger partial charge is 0.226 e. The Kier molecular flexibility index (Phi) is 7.41. The molecule has 108 valence electrons. The van der Waals surface area contributed by atoms with Gasteiger partial charge >= 0.3 is 0 Å². The van der Waals surface area contributed by atoms with E-state index in [0.29, 0.717) is 19.6 Å². The van der Waals surface area contributed by atoms with E-state index < -0.39 is 0 Å². The van der Waals surface area contributed by atoms with Gasteiger partial charge in [-0.2, -0.15) is 0 Å². The van der Waals surface area contributed by atoms with Crippen LogP contribution in [0.1, 0.15) is 30.9 Å². The molecule has 0 bridgehead atoms. The van der Waals surface area contributed by atoms with Crippen LogP contribution in [0.15, 0.2) is 18.2 Å². The van der Waals surface area contributed by atoms with Gasteiger partial charge in [0, 0.05) is 17.9 Å². The Morgan fingerprint density at radius 1 is 1.40 bits per heavy atom. The minimum Gasteiger partial charge on any atom is -0.384 e. The molecule has 1 aromatic carbocycles. The summed E-state index contributed by atoms with van der Waals surface area (Å²) >= 11 is 0. The molecule has 0 aromatic heterocycles. The van der Waals surface area contributed by atoms with Gasteiger partial charge in [0.15, 0.2) is 0 Å². The molecular weight excluding hydrogens is 254 g/mol. The summed E-state index contributed by atoms with van der Waals surface area (Å²) < 4.78 is 5.29. The molecule has 0 radical (unpaired) electrons. The van der Waals surface area contributed by atoms with E-state index in [1.807, 2.05) is 32.0 Å². The second kappa shape index (κ2) is 9.13. The van der Waals surface area contributed by atoms with Crippen molar-refractivity contribution in [3.8, 4) is 11.8 Å². The molecule has 0 aliphatic carbocycles. The summed E-state index contributed by atoms with van der Waals surface area (Å²) in [6.07, 6.45) is 1.29. The highest BCUT2D eigenvalue weighted by atomic mass is 16.5. The summed E-state index contributed by atoms with van der Waals surface area (Å²) in [5, 5.41) is 11.5. The molecule has 0 saturated carbocycles. The molecule has 1 amide bonds. The third kappa shape index (κ3) is 5.87. The van der Waals surface area contributed by atoms with Crippen LogP contribution in [0.25, 0.3) is 0 Å². The van der Waals surface area contributed by atoms with Crippen molar-refractivity contribution in [2.75, 3.05) is 25.1 Å². The van der Waals surface area contributed by atoms with Gasteiger partial charge in [0.2, 0.25) is 5.91 Å². The van der Waals surface area contributed by atoms with Crippen LogP contribution in [-0.4, -0.2) is 30.8 Å².